The fourth-order valence-electron chi connectivity index (χ4n) is 8.77. The maximum Gasteiger partial charge on any atom is 0.481 e. The lowest BCUT2D eigenvalue weighted by atomic mass is 9.87. The van der Waals surface area contributed by atoms with E-state index in [9.17, 15) is 115 Å². The number of amides is 4. The Kier molecular flexibility index (Phi) is 28.6. The van der Waals surface area contributed by atoms with E-state index in [0.717, 1.165) is 62.1 Å². The van der Waals surface area contributed by atoms with E-state index in [1.54, 1.807) is 0 Å². The van der Waals surface area contributed by atoms with Crippen molar-refractivity contribution in [2.24, 2.45) is 10.8 Å². The molecule has 6 heterocycles. The van der Waals surface area contributed by atoms with Crippen LogP contribution in [0, 0.1) is 10.8 Å². The molecular formula is C44H71FN14O33P6S. The van der Waals surface area contributed by atoms with Crippen LogP contribution in [0.3, 0.4) is 0 Å². The van der Waals surface area contributed by atoms with Crippen molar-refractivity contribution in [1.29, 1.82) is 0 Å². The van der Waals surface area contributed by atoms with Gasteiger partial charge >= 0.3 is 46.9 Å². The van der Waals surface area contributed by atoms with Crippen molar-refractivity contribution in [3.8, 4) is 0 Å². The SMILES string of the molecule is CC(C)(COP(=O)(O)OP(=O)(O)OCC1OC(n2cnc3c(N)ncnc32)C(O)C1OP(=O)(O)O)C(O)C(=O)NCCC(=O)NCCSC(=O)C(F)CCNC(=O)CCNC(=O)C(O)C(C)(C)COP(=O)(O)OP(=O)(O)OCC1OC(n2cnc3c(N)ncnc32)C(O)C1OP(=O)(O)O. The molecule has 2 fully saturated rings. The number of imidazole rings is 2. The van der Waals surface area contributed by atoms with Crippen molar-refractivity contribution in [3.63, 3.8) is 0 Å². The molecule has 6 rings (SSSR count). The summed E-state index contributed by atoms with van der Waals surface area (Å²) in [5, 5.41) is 51.5. The number of phosphoric acid groups is 6. The Morgan fingerprint density at radius 3 is 1.34 bits per heavy atom. The second-order valence-electron chi connectivity index (χ2n) is 22.6. The van der Waals surface area contributed by atoms with Crippen LogP contribution in [0.5, 0.6) is 0 Å². The van der Waals surface area contributed by atoms with Gasteiger partial charge in [-0.1, -0.05) is 39.5 Å². The van der Waals surface area contributed by atoms with Gasteiger partial charge in [-0.2, -0.15) is 8.62 Å². The third kappa shape index (κ3) is 24.3. The molecule has 0 radical (unpaired) electrons. The second-order valence-corrected chi connectivity index (χ2v) is 32.1. The van der Waals surface area contributed by atoms with Crippen LogP contribution >= 0.6 is 58.7 Å². The van der Waals surface area contributed by atoms with Crippen LogP contribution in [0.2, 0.25) is 0 Å². The molecule has 4 aromatic heterocycles. The third-order valence-corrected chi connectivity index (χ3v) is 20.9. The molecule has 2 aliphatic rings. The third-order valence-electron chi connectivity index (χ3n) is 13.8. The summed E-state index contributed by atoms with van der Waals surface area (Å²) in [6.07, 6.45) is -17.9. The Labute approximate surface area is 560 Å². The summed E-state index contributed by atoms with van der Waals surface area (Å²) in [5.41, 5.74) is 8.06. The molecular weight excluding hydrogens is 1490 g/mol. The minimum absolute atomic E-state index is 0.0189. The molecule has 0 aromatic carbocycles. The number of aliphatic hydroxyl groups excluding tert-OH is 4. The summed E-state index contributed by atoms with van der Waals surface area (Å²) in [6, 6.07) is 0. The van der Waals surface area contributed by atoms with Gasteiger partial charge in [-0.25, -0.2) is 61.7 Å². The highest BCUT2D eigenvalue weighted by Gasteiger charge is 2.52. The Morgan fingerprint density at radius 2 is 0.960 bits per heavy atom. The van der Waals surface area contributed by atoms with Gasteiger partial charge in [0.1, 0.15) is 72.5 Å². The van der Waals surface area contributed by atoms with E-state index in [2.05, 4.69) is 68.8 Å². The second kappa shape index (κ2) is 34.1. The van der Waals surface area contributed by atoms with Crippen molar-refractivity contribution in [1.82, 2.24) is 60.3 Å². The predicted octanol–water partition coefficient (Wildman–Crippen LogP) is -3.19. The molecule has 558 valence electrons. The molecule has 2 aliphatic heterocycles. The number of thioether (sulfide) groups is 1. The van der Waals surface area contributed by atoms with Gasteiger partial charge in [0.2, 0.25) is 28.7 Å². The Balaban J connectivity index is 0.811. The van der Waals surface area contributed by atoms with Crippen molar-refractivity contribution >= 4 is 121 Å². The number of aliphatic hydroxyl groups is 4. The number of anilines is 2. The van der Waals surface area contributed by atoms with Crippen LogP contribution in [0.4, 0.5) is 16.0 Å². The largest absolute Gasteiger partial charge is 0.481 e. The number of hydrogen-bond donors (Lipinski definition) is 18. The van der Waals surface area contributed by atoms with E-state index in [0.29, 0.717) is 11.8 Å². The number of hydrogen-bond acceptors (Lipinski definition) is 34. The first kappa shape index (κ1) is 83.0. The molecule has 15 unspecified atom stereocenters. The summed E-state index contributed by atoms with van der Waals surface area (Å²) < 4.78 is 139. The zero-order valence-electron chi connectivity index (χ0n) is 51.8. The van der Waals surface area contributed by atoms with Crippen LogP contribution in [0.15, 0.2) is 25.3 Å². The van der Waals surface area contributed by atoms with Crippen molar-refractivity contribution in [2.75, 3.05) is 69.8 Å². The lowest BCUT2D eigenvalue weighted by Crippen LogP contribution is -2.46. The molecule has 47 nitrogen and oxygen atoms in total. The Morgan fingerprint density at radius 1 is 0.586 bits per heavy atom. The zero-order valence-corrected chi connectivity index (χ0v) is 58.0. The highest BCUT2D eigenvalue weighted by atomic mass is 32.2. The maximum absolute atomic E-state index is 14.7. The predicted molar refractivity (Wildman–Crippen MR) is 326 cm³/mol. The quantitative estimate of drug-likeness (QED) is 0.0155. The molecule has 20 N–H and O–H groups in total. The summed E-state index contributed by atoms with van der Waals surface area (Å²) in [6.45, 7) is -1.13. The van der Waals surface area contributed by atoms with Gasteiger partial charge in [0.05, 0.1) is 39.1 Å². The number of ether oxygens (including phenoxy) is 2. The van der Waals surface area contributed by atoms with E-state index in [1.165, 1.54) is 0 Å². The fourth-order valence-corrected chi connectivity index (χ4v) is 15.1. The van der Waals surface area contributed by atoms with Gasteiger partial charge in [0, 0.05) is 62.0 Å². The molecule has 0 bridgehead atoms. The lowest BCUT2D eigenvalue weighted by molar-refractivity contribution is -0.137. The van der Waals surface area contributed by atoms with E-state index in [1.807, 2.05) is 0 Å². The topological polar surface area (TPSA) is 710 Å². The van der Waals surface area contributed by atoms with Crippen LogP contribution in [-0.4, -0.2) is 241 Å². The van der Waals surface area contributed by atoms with Gasteiger partial charge < -0.3 is 102 Å². The number of nitrogens with one attached hydrogen (secondary N) is 4. The molecule has 4 amide bonds. The number of carbonyl (C=O) groups excluding carboxylic acids is 5. The number of halogens is 1. The number of rotatable bonds is 39. The van der Waals surface area contributed by atoms with Crippen molar-refractivity contribution in [2.45, 2.75) is 114 Å². The van der Waals surface area contributed by atoms with Gasteiger partial charge in [-0.3, -0.25) is 60.2 Å². The molecule has 55 heteroatoms. The van der Waals surface area contributed by atoms with Crippen LogP contribution < -0.4 is 32.7 Å². The first-order chi connectivity index (χ1) is 45.7. The monoisotopic (exact) mass is 1560 g/mol. The number of nitrogens with zero attached hydrogens (tertiary/aromatic N) is 8. The Bertz CT molecular complexity index is 3840. The summed E-state index contributed by atoms with van der Waals surface area (Å²) in [7, 11) is -33.4. The summed E-state index contributed by atoms with van der Waals surface area (Å²) in [4.78, 5) is 165. The van der Waals surface area contributed by atoms with Crippen LogP contribution in [0.25, 0.3) is 22.3 Å². The van der Waals surface area contributed by atoms with Gasteiger partial charge in [0.25, 0.3) is 0 Å². The average molecular weight is 1560 g/mol. The maximum atomic E-state index is 14.7. The molecule has 2 saturated heterocycles. The number of nitrogens with two attached hydrogens (primary N) is 2. The normalized spacial score (nSPS) is 23.5. The van der Waals surface area contributed by atoms with Gasteiger partial charge in [-0.15, -0.1) is 0 Å². The smallest absolute Gasteiger partial charge is 0.386 e. The number of fused-ring (bicyclic) bond motifs is 2. The standard InChI is InChI=1S/C44H71FN14O33P6S/c1-43(2,15-85-97(79,80)91-95(75,76)83-13-22-30(89-93(69,70)71)28(62)40(87-22)58-19-56-26-34(46)52-17-54-36(26)58)32(64)38(66)50-9-6-24(60)48-8-5-21(45)42(68)99-12-11-49-25(61)7-10-51-39(67)33(65)44(3,4)16-86-98(81,82)92-96(77,78)84-14-23-31(90-94(72,73)74)29(63)41(88-23)59-20-57-27-35(47)53-18-55-37(27)59/h17-23,28-33,40-41,62-65H,5-16H2,1-4H3,(H,48,60)(H,49,61)(H,50,66)(H,51,67)(H,75,76)(H,77,78)(H,79,80)(H,81,82)(H2,46,52,54)(H2,47,53,55)(H2,69,70,71)(H2,72,73,74). The number of aromatic nitrogens is 8. The Hall–Kier alpha value is -4.97. The molecule has 0 saturated carbocycles. The van der Waals surface area contributed by atoms with Crippen LogP contribution in [-0.2, 0) is 96.6 Å². The number of carbonyl (C=O) groups is 5. The highest BCUT2D eigenvalue weighted by molar-refractivity contribution is 8.13. The molecule has 0 spiro atoms. The number of alkyl halides is 1. The molecule has 4 aromatic rings. The molecule has 15 atom stereocenters. The van der Waals surface area contributed by atoms with E-state index < -0.39 is 206 Å². The summed E-state index contributed by atoms with van der Waals surface area (Å²) >= 11 is 0.497. The minimum atomic E-state index is -5.69. The van der Waals surface area contributed by atoms with Crippen molar-refractivity contribution < 1.29 is 161 Å². The summed E-state index contributed by atoms with van der Waals surface area (Å²) in [5.74, 6) is -3.98. The zero-order chi connectivity index (χ0) is 74.0. The average Bonchev–Trinajstić information content (AvgIpc) is 1.63. The van der Waals surface area contributed by atoms with E-state index in [-0.39, 0.29) is 59.4 Å². The van der Waals surface area contributed by atoms with Gasteiger partial charge in [0.15, 0.2) is 41.6 Å². The lowest BCUT2D eigenvalue weighted by Gasteiger charge is -2.30. The fraction of sp³-hybridized carbons (Fsp3) is 0.659. The number of nitrogen functional groups attached to an aromatic ring is 2. The van der Waals surface area contributed by atoms with E-state index in [4.69, 9.17) is 39.0 Å². The number of phosphoric ester groups is 6. The first-order valence-electron chi connectivity index (χ1n) is 28.3. The van der Waals surface area contributed by atoms with Crippen LogP contribution in [0.1, 0.15) is 59.4 Å². The minimum Gasteiger partial charge on any atom is -0.386 e. The van der Waals surface area contributed by atoms with E-state index >= 15 is 0 Å². The first-order valence-corrected chi connectivity index (χ1v) is 38.3. The molecule has 0 aliphatic carbocycles. The van der Waals surface area contributed by atoms with Crippen molar-refractivity contribution in [3.05, 3.63) is 25.3 Å². The molecule has 99 heavy (non-hydrogen) atoms. The van der Waals surface area contributed by atoms with Gasteiger partial charge in [-0.05, 0) is 0 Å². The highest BCUT2D eigenvalue weighted by Crippen LogP contribution is 2.63.